The molecule has 2 aromatic rings. The summed E-state index contributed by atoms with van der Waals surface area (Å²) in [4.78, 5) is 0. The molecule has 2 aromatic carbocycles. The lowest BCUT2D eigenvalue weighted by Crippen LogP contribution is -1.90. The van der Waals surface area contributed by atoms with Crippen molar-refractivity contribution in [2.75, 3.05) is 0 Å². The summed E-state index contributed by atoms with van der Waals surface area (Å²) in [5.41, 5.74) is 1.58. The highest BCUT2D eigenvalue weighted by Gasteiger charge is 1.99. The summed E-state index contributed by atoms with van der Waals surface area (Å²) in [5, 5.41) is 16.7. The predicted octanol–water partition coefficient (Wildman–Crippen LogP) is 2.84. The first-order chi connectivity index (χ1) is 6.85. The van der Waals surface area contributed by atoms with E-state index in [-0.39, 0.29) is 0 Å². The summed E-state index contributed by atoms with van der Waals surface area (Å²) >= 11 is 0. The van der Waals surface area contributed by atoms with Crippen molar-refractivity contribution in [1.29, 1.82) is 10.8 Å². The molecule has 0 aliphatic carbocycles. The van der Waals surface area contributed by atoms with Gasteiger partial charge in [0, 0.05) is 23.6 Å². The van der Waals surface area contributed by atoms with Gasteiger partial charge in [0.25, 0.3) is 0 Å². The summed E-state index contributed by atoms with van der Waals surface area (Å²) in [5.74, 6) is 0. The standard InChI is InChI=1S/C12H10N2/c13-7-11-5-9-3-1-2-4-10(9)6-12(11)8-14/h1-8,13-14H. The molecule has 14 heavy (non-hydrogen) atoms. The molecule has 2 nitrogen and oxygen atoms in total. The Labute approximate surface area is 82.2 Å². The van der Waals surface area contributed by atoms with Crippen LogP contribution in [-0.2, 0) is 0 Å². The van der Waals surface area contributed by atoms with Gasteiger partial charge in [-0.1, -0.05) is 24.3 Å². The van der Waals surface area contributed by atoms with E-state index in [1.165, 1.54) is 12.4 Å². The average molecular weight is 182 g/mol. The lowest BCUT2D eigenvalue weighted by molar-refractivity contribution is 1.51. The third kappa shape index (κ3) is 1.31. The molecule has 2 N–H and O–H groups in total. The smallest absolute Gasteiger partial charge is 0.0257 e. The highest BCUT2D eigenvalue weighted by atomic mass is 14.4. The van der Waals surface area contributed by atoms with E-state index < -0.39 is 0 Å². The topological polar surface area (TPSA) is 47.7 Å². The molecule has 2 heteroatoms. The van der Waals surface area contributed by atoms with Gasteiger partial charge in [0.2, 0.25) is 0 Å². The van der Waals surface area contributed by atoms with Crippen LogP contribution < -0.4 is 0 Å². The largest absolute Gasteiger partial charge is 0.308 e. The van der Waals surface area contributed by atoms with Crippen molar-refractivity contribution in [1.82, 2.24) is 0 Å². The first-order valence-electron chi connectivity index (χ1n) is 4.39. The quantitative estimate of drug-likeness (QED) is 0.671. The van der Waals surface area contributed by atoms with Crippen molar-refractivity contribution in [3.05, 3.63) is 47.5 Å². The van der Waals surface area contributed by atoms with Gasteiger partial charge in [0.15, 0.2) is 0 Å². The lowest BCUT2D eigenvalue weighted by atomic mass is 10.0. The number of hydrogen-bond donors (Lipinski definition) is 2. The summed E-state index contributed by atoms with van der Waals surface area (Å²) in [7, 11) is 0. The average Bonchev–Trinajstić information content (AvgIpc) is 2.27. The highest BCUT2D eigenvalue weighted by Crippen LogP contribution is 2.17. The van der Waals surface area contributed by atoms with Gasteiger partial charge in [-0.2, -0.15) is 0 Å². The zero-order valence-corrected chi connectivity index (χ0v) is 7.62. The van der Waals surface area contributed by atoms with E-state index in [9.17, 15) is 0 Å². The fourth-order valence-electron chi connectivity index (χ4n) is 1.53. The third-order valence-corrected chi connectivity index (χ3v) is 2.26. The molecule has 0 aliphatic rings. The van der Waals surface area contributed by atoms with Crippen molar-refractivity contribution in [3.63, 3.8) is 0 Å². The number of benzene rings is 2. The fourth-order valence-corrected chi connectivity index (χ4v) is 1.53. The molecule has 0 aromatic heterocycles. The van der Waals surface area contributed by atoms with Crippen molar-refractivity contribution >= 4 is 23.2 Å². The zero-order valence-electron chi connectivity index (χ0n) is 7.62. The van der Waals surface area contributed by atoms with Crippen LogP contribution in [0.5, 0.6) is 0 Å². The van der Waals surface area contributed by atoms with Crippen LogP contribution in [0, 0.1) is 10.8 Å². The summed E-state index contributed by atoms with van der Waals surface area (Å²) in [6.45, 7) is 0. The minimum atomic E-state index is 0.790. The molecule has 0 unspecified atom stereocenters. The van der Waals surface area contributed by atoms with E-state index >= 15 is 0 Å². The van der Waals surface area contributed by atoms with Gasteiger partial charge in [-0.15, -0.1) is 0 Å². The van der Waals surface area contributed by atoms with Gasteiger partial charge in [-0.05, 0) is 22.9 Å². The Balaban J connectivity index is 2.81. The molecule has 0 fully saturated rings. The van der Waals surface area contributed by atoms with Crippen LogP contribution in [0.15, 0.2) is 36.4 Å². The Bertz CT molecular complexity index is 454. The van der Waals surface area contributed by atoms with Crippen LogP contribution in [-0.4, -0.2) is 12.4 Å². The number of hydrogen-bond acceptors (Lipinski definition) is 2. The van der Waals surface area contributed by atoms with Gasteiger partial charge in [-0.3, -0.25) is 0 Å². The van der Waals surface area contributed by atoms with Crippen molar-refractivity contribution in [3.8, 4) is 0 Å². The molecular weight excluding hydrogens is 172 g/mol. The Morgan fingerprint density at radius 3 is 1.57 bits per heavy atom. The van der Waals surface area contributed by atoms with Gasteiger partial charge < -0.3 is 10.8 Å². The molecular formula is C12H10N2. The first-order valence-corrected chi connectivity index (χ1v) is 4.39. The van der Waals surface area contributed by atoms with E-state index in [2.05, 4.69) is 0 Å². The second kappa shape index (κ2) is 3.42. The second-order valence-electron chi connectivity index (χ2n) is 3.12. The van der Waals surface area contributed by atoms with E-state index in [0.29, 0.717) is 0 Å². The minimum Gasteiger partial charge on any atom is -0.308 e. The van der Waals surface area contributed by atoms with E-state index in [1.54, 1.807) is 0 Å². The first kappa shape index (κ1) is 8.63. The van der Waals surface area contributed by atoms with Gasteiger partial charge in [0.05, 0.1) is 0 Å². The minimum absolute atomic E-state index is 0.790. The molecule has 0 aliphatic heterocycles. The number of fused-ring (bicyclic) bond motifs is 1. The predicted molar refractivity (Wildman–Crippen MR) is 59.7 cm³/mol. The summed E-state index contributed by atoms with van der Waals surface area (Å²) < 4.78 is 0. The molecule has 0 amide bonds. The Kier molecular flexibility index (Phi) is 2.11. The van der Waals surface area contributed by atoms with Crippen LogP contribution in [0.2, 0.25) is 0 Å². The molecule has 0 heterocycles. The maximum absolute atomic E-state index is 7.23. The van der Waals surface area contributed by atoms with Gasteiger partial charge in [0.1, 0.15) is 0 Å². The molecule has 0 saturated heterocycles. The lowest BCUT2D eigenvalue weighted by Gasteiger charge is -2.02. The van der Waals surface area contributed by atoms with Crippen molar-refractivity contribution < 1.29 is 0 Å². The molecule has 0 saturated carbocycles. The molecule has 0 atom stereocenters. The monoisotopic (exact) mass is 182 g/mol. The maximum atomic E-state index is 7.23. The highest BCUT2D eigenvalue weighted by molar-refractivity contribution is 5.99. The van der Waals surface area contributed by atoms with Crippen molar-refractivity contribution in [2.45, 2.75) is 0 Å². The van der Waals surface area contributed by atoms with Crippen LogP contribution in [0.1, 0.15) is 11.1 Å². The van der Waals surface area contributed by atoms with Crippen LogP contribution >= 0.6 is 0 Å². The maximum Gasteiger partial charge on any atom is 0.0257 e. The normalized spacial score (nSPS) is 10.0. The Morgan fingerprint density at radius 2 is 1.21 bits per heavy atom. The number of nitrogens with one attached hydrogen (secondary N) is 2. The molecule has 2 rings (SSSR count). The molecule has 0 radical (unpaired) electrons. The van der Waals surface area contributed by atoms with E-state index in [4.69, 9.17) is 10.8 Å². The van der Waals surface area contributed by atoms with Crippen LogP contribution in [0.3, 0.4) is 0 Å². The van der Waals surface area contributed by atoms with Crippen molar-refractivity contribution in [2.24, 2.45) is 0 Å². The molecule has 0 bridgehead atoms. The molecule has 0 spiro atoms. The van der Waals surface area contributed by atoms with Gasteiger partial charge >= 0.3 is 0 Å². The van der Waals surface area contributed by atoms with Gasteiger partial charge in [-0.25, -0.2) is 0 Å². The number of rotatable bonds is 2. The van der Waals surface area contributed by atoms with E-state index in [0.717, 1.165) is 21.9 Å². The fraction of sp³-hybridized carbons (Fsp3) is 0. The SMILES string of the molecule is N=Cc1cc2ccccc2cc1C=N. The van der Waals surface area contributed by atoms with Crippen LogP contribution in [0.4, 0.5) is 0 Å². The second-order valence-corrected chi connectivity index (χ2v) is 3.12. The summed E-state index contributed by atoms with van der Waals surface area (Å²) in [6, 6.07) is 11.8. The summed E-state index contributed by atoms with van der Waals surface area (Å²) in [6.07, 6.45) is 2.57. The third-order valence-electron chi connectivity index (χ3n) is 2.26. The van der Waals surface area contributed by atoms with Crippen LogP contribution in [0.25, 0.3) is 10.8 Å². The van der Waals surface area contributed by atoms with E-state index in [1.807, 2.05) is 36.4 Å². The Hall–Kier alpha value is -1.96. The zero-order chi connectivity index (χ0) is 9.97. The Morgan fingerprint density at radius 1 is 0.786 bits per heavy atom. The molecule has 68 valence electrons.